The maximum absolute atomic E-state index is 5.55. The van der Waals surface area contributed by atoms with E-state index in [-0.39, 0.29) is 12.0 Å². The zero-order valence-electron chi connectivity index (χ0n) is 11.1. The second-order valence-corrected chi connectivity index (χ2v) is 4.68. The summed E-state index contributed by atoms with van der Waals surface area (Å²) in [5, 5.41) is 2.83. The number of anilines is 1. The Morgan fingerprint density at radius 3 is 2.70 bits per heavy atom. The van der Waals surface area contributed by atoms with Gasteiger partial charge in [-0.2, -0.15) is 9.97 Å². The predicted octanol–water partition coefficient (Wildman–Crippen LogP) is 2.65. The Labute approximate surface area is 124 Å². The standard InChI is InChI=1S/C12H14BrN5O2/c1-3-4-19-11-16-10(14-2)17-12(18-11)20-9-5-8(13)6-15-7-9/h5-7H,3-4H2,1-2H3,(H,14,16,17,18). The van der Waals surface area contributed by atoms with Gasteiger partial charge in [0, 0.05) is 17.7 Å². The van der Waals surface area contributed by atoms with E-state index >= 15 is 0 Å². The van der Waals surface area contributed by atoms with E-state index in [1.807, 2.05) is 6.92 Å². The summed E-state index contributed by atoms with van der Waals surface area (Å²) in [6.45, 7) is 2.54. The Hall–Kier alpha value is -1.96. The van der Waals surface area contributed by atoms with Gasteiger partial charge in [-0.25, -0.2) is 0 Å². The lowest BCUT2D eigenvalue weighted by molar-refractivity contribution is 0.285. The van der Waals surface area contributed by atoms with E-state index in [4.69, 9.17) is 9.47 Å². The Morgan fingerprint density at radius 2 is 2.00 bits per heavy atom. The van der Waals surface area contributed by atoms with Crippen LogP contribution in [-0.4, -0.2) is 33.6 Å². The Morgan fingerprint density at radius 1 is 1.20 bits per heavy atom. The van der Waals surface area contributed by atoms with Gasteiger partial charge in [0.05, 0.1) is 12.8 Å². The topological polar surface area (TPSA) is 82.0 Å². The number of nitrogens with one attached hydrogen (secondary N) is 1. The highest BCUT2D eigenvalue weighted by Gasteiger charge is 2.09. The molecule has 8 heteroatoms. The highest BCUT2D eigenvalue weighted by Crippen LogP contribution is 2.22. The lowest BCUT2D eigenvalue weighted by Gasteiger charge is -2.08. The molecule has 0 saturated heterocycles. The van der Waals surface area contributed by atoms with Crippen LogP contribution >= 0.6 is 15.9 Å². The summed E-state index contributed by atoms with van der Waals surface area (Å²) in [4.78, 5) is 16.3. The van der Waals surface area contributed by atoms with Crippen LogP contribution < -0.4 is 14.8 Å². The fourth-order valence-electron chi connectivity index (χ4n) is 1.31. The van der Waals surface area contributed by atoms with Crippen molar-refractivity contribution in [2.75, 3.05) is 19.0 Å². The van der Waals surface area contributed by atoms with Crippen molar-refractivity contribution in [3.63, 3.8) is 0 Å². The fourth-order valence-corrected chi connectivity index (χ4v) is 1.65. The molecule has 20 heavy (non-hydrogen) atoms. The molecule has 0 fully saturated rings. The Balaban J connectivity index is 2.21. The summed E-state index contributed by atoms with van der Waals surface area (Å²) < 4.78 is 11.7. The van der Waals surface area contributed by atoms with E-state index in [2.05, 4.69) is 41.2 Å². The molecule has 0 spiro atoms. The molecule has 0 atom stereocenters. The third-order valence-electron chi connectivity index (χ3n) is 2.14. The van der Waals surface area contributed by atoms with Crippen LogP contribution in [0.5, 0.6) is 17.8 Å². The first-order chi connectivity index (χ1) is 9.71. The molecule has 0 aliphatic rings. The molecule has 2 rings (SSSR count). The number of aromatic nitrogens is 4. The highest BCUT2D eigenvalue weighted by molar-refractivity contribution is 9.10. The lowest BCUT2D eigenvalue weighted by Crippen LogP contribution is -2.06. The van der Waals surface area contributed by atoms with Crippen LogP contribution in [-0.2, 0) is 0 Å². The third-order valence-corrected chi connectivity index (χ3v) is 2.58. The van der Waals surface area contributed by atoms with Gasteiger partial charge in [-0.3, -0.25) is 4.98 Å². The van der Waals surface area contributed by atoms with Gasteiger partial charge in [-0.1, -0.05) is 6.92 Å². The van der Waals surface area contributed by atoms with Crippen LogP contribution in [0.3, 0.4) is 0 Å². The number of rotatable bonds is 6. The Bertz CT molecular complexity index is 582. The first-order valence-electron chi connectivity index (χ1n) is 6.06. The van der Waals surface area contributed by atoms with Crippen molar-refractivity contribution in [1.82, 2.24) is 19.9 Å². The van der Waals surface area contributed by atoms with Gasteiger partial charge in [0.15, 0.2) is 5.75 Å². The van der Waals surface area contributed by atoms with E-state index in [9.17, 15) is 0 Å². The van der Waals surface area contributed by atoms with E-state index < -0.39 is 0 Å². The molecule has 1 N–H and O–H groups in total. The zero-order chi connectivity index (χ0) is 14.4. The van der Waals surface area contributed by atoms with Gasteiger partial charge in [0.2, 0.25) is 5.95 Å². The smallest absolute Gasteiger partial charge is 0.330 e. The molecule has 106 valence electrons. The highest BCUT2D eigenvalue weighted by atomic mass is 79.9. The summed E-state index contributed by atoms with van der Waals surface area (Å²) in [7, 11) is 1.71. The van der Waals surface area contributed by atoms with Crippen molar-refractivity contribution in [3.05, 3.63) is 22.9 Å². The summed E-state index contributed by atoms with van der Waals surface area (Å²) in [5.74, 6) is 0.901. The first-order valence-corrected chi connectivity index (χ1v) is 6.85. The van der Waals surface area contributed by atoms with E-state index in [1.165, 1.54) is 0 Å². The summed E-state index contributed by atoms with van der Waals surface area (Å²) in [5.41, 5.74) is 0. The average molecular weight is 340 g/mol. The molecule has 0 radical (unpaired) electrons. The van der Waals surface area contributed by atoms with E-state index in [0.717, 1.165) is 10.9 Å². The SMILES string of the molecule is CCCOc1nc(NC)nc(Oc2cncc(Br)c2)n1. The third kappa shape index (κ3) is 4.02. The minimum absolute atomic E-state index is 0.148. The van der Waals surface area contributed by atoms with Crippen LogP contribution in [0.25, 0.3) is 0 Å². The monoisotopic (exact) mass is 339 g/mol. The van der Waals surface area contributed by atoms with E-state index in [0.29, 0.717) is 18.3 Å². The second-order valence-electron chi connectivity index (χ2n) is 3.76. The van der Waals surface area contributed by atoms with Gasteiger partial charge in [-0.05, 0) is 28.4 Å². The van der Waals surface area contributed by atoms with E-state index in [1.54, 1.807) is 25.5 Å². The number of nitrogens with zero attached hydrogens (tertiary/aromatic N) is 4. The summed E-state index contributed by atoms with van der Waals surface area (Å²) in [6.07, 6.45) is 4.10. The number of pyridine rings is 1. The van der Waals surface area contributed by atoms with Crippen LogP contribution in [0.15, 0.2) is 22.9 Å². The Kier molecular flexibility index (Phi) is 5.05. The van der Waals surface area contributed by atoms with Crippen LogP contribution in [0, 0.1) is 0 Å². The molecular weight excluding hydrogens is 326 g/mol. The predicted molar refractivity (Wildman–Crippen MR) is 77.2 cm³/mol. The first kappa shape index (κ1) is 14.4. The normalized spacial score (nSPS) is 10.2. The van der Waals surface area contributed by atoms with Crippen LogP contribution in [0.2, 0.25) is 0 Å². The average Bonchev–Trinajstić information content (AvgIpc) is 2.45. The number of hydrogen-bond donors (Lipinski definition) is 1. The molecule has 0 aliphatic carbocycles. The minimum atomic E-state index is 0.148. The molecular formula is C12H14BrN5O2. The number of hydrogen-bond acceptors (Lipinski definition) is 7. The number of ether oxygens (including phenoxy) is 2. The quantitative estimate of drug-likeness (QED) is 0.866. The largest absolute Gasteiger partial charge is 0.463 e. The van der Waals surface area contributed by atoms with Crippen LogP contribution in [0.1, 0.15) is 13.3 Å². The lowest BCUT2D eigenvalue weighted by atomic mass is 10.5. The molecule has 2 aromatic heterocycles. The maximum Gasteiger partial charge on any atom is 0.330 e. The minimum Gasteiger partial charge on any atom is -0.463 e. The molecule has 2 aromatic rings. The van der Waals surface area contributed by atoms with Gasteiger partial charge in [0.1, 0.15) is 0 Å². The molecule has 0 unspecified atom stereocenters. The summed E-state index contributed by atoms with van der Waals surface area (Å²) in [6, 6.07) is 2.14. The van der Waals surface area contributed by atoms with Crippen LogP contribution in [0.4, 0.5) is 5.95 Å². The molecule has 0 saturated carbocycles. The van der Waals surface area contributed by atoms with Crippen molar-refractivity contribution < 1.29 is 9.47 Å². The zero-order valence-corrected chi connectivity index (χ0v) is 12.7. The fraction of sp³-hybridized carbons (Fsp3) is 0.333. The second kappa shape index (κ2) is 6.99. The molecule has 0 aromatic carbocycles. The van der Waals surface area contributed by atoms with Crippen molar-refractivity contribution in [1.29, 1.82) is 0 Å². The van der Waals surface area contributed by atoms with Crippen molar-refractivity contribution in [2.24, 2.45) is 0 Å². The van der Waals surface area contributed by atoms with Crippen molar-refractivity contribution in [2.45, 2.75) is 13.3 Å². The van der Waals surface area contributed by atoms with Crippen molar-refractivity contribution >= 4 is 21.9 Å². The molecule has 7 nitrogen and oxygen atoms in total. The molecule has 0 amide bonds. The maximum atomic E-state index is 5.55. The van der Waals surface area contributed by atoms with Gasteiger partial charge < -0.3 is 14.8 Å². The van der Waals surface area contributed by atoms with Crippen molar-refractivity contribution in [3.8, 4) is 17.8 Å². The molecule has 0 bridgehead atoms. The van der Waals surface area contributed by atoms with Gasteiger partial charge in [0.25, 0.3) is 0 Å². The molecule has 2 heterocycles. The molecule has 0 aliphatic heterocycles. The van der Waals surface area contributed by atoms with Gasteiger partial charge in [-0.15, -0.1) is 4.98 Å². The summed E-state index contributed by atoms with van der Waals surface area (Å²) >= 11 is 3.32. The van der Waals surface area contributed by atoms with Gasteiger partial charge >= 0.3 is 12.0 Å². The number of halogens is 1.